The van der Waals surface area contributed by atoms with E-state index in [0.717, 1.165) is 0 Å². The number of likely N-dealkylation sites (tertiary alicyclic amines) is 1. The minimum Gasteiger partial charge on any atom is -0.381 e. The van der Waals surface area contributed by atoms with Gasteiger partial charge in [0.1, 0.15) is 0 Å². The predicted molar refractivity (Wildman–Crippen MR) is 91.3 cm³/mol. The Bertz CT molecular complexity index is 432. The van der Waals surface area contributed by atoms with E-state index in [1.165, 1.54) is 76.2 Å². The molecule has 0 amide bonds. The summed E-state index contributed by atoms with van der Waals surface area (Å²) in [6, 6.07) is 9.52. The second-order valence-corrected chi connectivity index (χ2v) is 6.42. The molecule has 0 aromatic heterocycles. The maximum atomic E-state index is 3.82. The third-order valence-electron chi connectivity index (χ3n) is 5.00. The van der Waals surface area contributed by atoms with Crippen molar-refractivity contribution in [2.45, 2.75) is 45.1 Å². The lowest BCUT2D eigenvalue weighted by molar-refractivity contribution is 0.229. The van der Waals surface area contributed by atoms with Gasteiger partial charge in [-0.05, 0) is 50.8 Å². The molecule has 0 bridgehead atoms. The van der Waals surface area contributed by atoms with Crippen molar-refractivity contribution in [1.82, 2.24) is 4.90 Å². The highest BCUT2D eigenvalue weighted by molar-refractivity contribution is 5.70. The summed E-state index contributed by atoms with van der Waals surface area (Å²) in [6.45, 7) is 8.36. The Morgan fingerprint density at radius 1 is 1.00 bits per heavy atom. The number of rotatable bonds is 4. The summed E-state index contributed by atoms with van der Waals surface area (Å²) in [5.41, 5.74) is 2.75. The van der Waals surface area contributed by atoms with Gasteiger partial charge in [-0.15, -0.1) is 0 Å². The molecule has 0 aliphatic carbocycles. The Morgan fingerprint density at radius 2 is 1.71 bits per heavy atom. The van der Waals surface area contributed by atoms with Gasteiger partial charge in [0.15, 0.2) is 0 Å². The number of para-hydroxylation sites is 2. The zero-order valence-corrected chi connectivity index (χ0v) is 13.4. The van der Waals surface area contributed by atoms with E-state index in [9.17, 15) is 0 Å². The van der Waals surface area contributed by atoms with Gasteiger partial charge in [0, 0.05) is 32.2 Å². The van der Waals surface area contributed by atoms with Crippen LogP contribution in [0, 0.1) is 0 Å². The maximum absolute atomic E-state index is 3.82. The molecule has 2 aliphatic heterocycles. The second kappa shape index (κ2) is 7.17. The van der Waals surface area contributed by atoms with Crippen LogP contribution >= 0.6 is 0 Å². The summed E-state index contributed by atoms with van der Waals surface area (Å²) in [4.78, 5) is 5.11. The Kier molecular flexibility index (Phi) is 5.02. The van der Waals surface area contributed by atoms with E-state index in [0.29, 0.717) is 6.04 Å². The van der Waals surface area contributed by atoms with Crippen molar-refractivity contribution in [3.8, 4) is 0 Å². The Hall–Kier alpha value is -1.22. The average Bonchev–Trinajstić information content (AvgIpc) is 2.57. The van der Waals surface area contributed by atoms with Crippen molar-refractivity contribution in [2.24, 2.45) is 0 Å². The number of nitrogens with zero attached hydrogens (tertiary/aromatic N) is 2. The van der Waals surface area contributed by atoms with E-state index in [1.807, 2.05) is 0 Å². The van der Waals surface area contributed by atoms with Gasteiger partial charge in [-0.25, -0.2) is 0 Å². The van der Waals surface area contributed by atoms with Gasteiger partial charge < -0.3 is 15.1 Å². The summed E-state index contributed by atoms with van der Waals surface area (Å²) in [5, 5.41) is 3.82. The monoisotopic (exact) mass is 287 g/mol. The van der Waals surface area contributed by atoms with Crippen LogP contribution in [0.2, 0.25) is 0 Å². The van der Waals surface area contributed by atoms with Gasteiger partial charge in [0.2, 0.25) is 0 Å². The van der Waals surface area contributed by atoms with Crippen LogP contribution in [0.1, 0.15) is 39.0 Å². The second-order valence-electron chi connectivity index (χ2n) is 6.42. The SMILES string of the molecule is CCN1CCC(Nc2ccccc2N2CCCCC2)CC1. The molecular weight excluding hydrogens is 258 g/mol. The minimum absolute atomic E-state index is 0.638. The van der Waals surface area contributed by atoms with Gasteiger partial charge in [0.05, 0.1) is 11.4 Å². The van der Waals surface area contributed by atoms with Crippen LogP contribution in [-0.4, -0.2) is 43.7 Å². The Morgan fingerprint density at radius 3 is 2.43 bits per heavy atom. The molecule has 0 atom stereocenters. The number of hydrogen-bond acceptors (Lipinski definition) is 3. The van der Waals surface area contributed by atoms with Gasteiger partial charge in [-0.2, -0.15) is 0 Å². The molecule has 3 rings (SSSR count). The molecule has 116 valence electrons. The molecule has 2 aliphatic rings. The van der Waals surface area contributed by atoms with Gasteiger partial charge in [-0.1, -0.05) is 19.1 Å². The van der Waals surface area contributed by atoms with Gasteiger partial charge in [0.25, 0.3) is 0 Å². The van der Waals surface area contributed by atoms with Crippen molar-refractivity contribution in [1.29, 1.82) is 0 Å². The standard InChI is InChI=1S/C18H29N3/c1-2-20-14-10-16(11-15-20)19-17-8-4-5-9-18(17)21-12-6-3-7-13-21/h4-5,8-9,16,19H,2-3,6-7,10-15H2,1H3. The van der Waals surface area contributed by atoms with Crippen molar-refractivity contribution in [3.05, 3.63) is 24.3 Å². The number of benzene rings is 1. The quantitative estimate of drug-likeness (QED) is 0.913. The molecule has 3 heteroatoms. The van der Waals surface area contributed by atoms with Crippen LogP contribution in [0.5, 0.6) is 0 Å². The van der Waals surface area contributed by atoms with Crippen LogP contribution in [0.4, 0.5) is 11.4 Å². The van der Waals surface area contributed by atoms with Gasteiger partial charge in [-0.3, -0.25) is 0 Å². The highest BCUT2D eigenvalue weighted by Gasteiger charge is 2.20. The van der Waals surface area contributed by atoms with E-state index in [2.05, 4.69) is 46.3 Å². The lowest BCUT2D eigenvalue weighted by Crippen LogP contribution is -2.39. The summed E-state index contributed by atoms with van der Waals surface area (Å²) in [6.07, 6.45) is 6.60. The molecule has 0 radical (unpaired) electrons. The van der Waals surface area contributed by atoms with E-state index < -0.39 is 0 Å². The molecule has 1 aromatic carbocycles. The smallest absolute Gasteiger partial charge is 0.0602 e. The molecule has 1 aromatic rings. The lowest BCUT2D eigenvalue weighted by Gasteiger charge is -2.35. The third-order valence-corrected chi connectivity index (χ3v) is 5.00. The summed E-state index contributed by atoms with van der Waals surface area (Å²) in [5.74, 6) is 0. The molecule has 21 heavy (non-hydrogen) atoms. The number of nitrogens with one attached hydrogen (secondary N) is 1. The molecular formula is C18H29N3. The fraction of sp³-hybridized carbons (Fsp3) is 0.667. The molecule has 2 saturated heterocycles. The molecule has 0 saturated carbocycles. The van der Waals surface area contributed by atoms with Crippen molar-refractivity contribution in [2.75, 3.05) is 42.9 Å². The Balaban J connectivity index is 1.65. The summed E-state index contributed by atoms with van der Waals surface area (Å²) < 4.78 is 0. The van der Waals surface area contributed by atoms with Crippen LogP contribution in [-0.2, 0) is 0 Å². The number of hydrogen-bond donors (Lipinski definition) is 1. The van der Waals surface area contributed by atoms with Crippen LogP contribution in [0.25, 0.3) is 0 Å². The van der Waals surface area contributed by atoms with Crippen molar-refractivity contribution < 1.29 is 0 Å². The minimum atomic E-state index is 0.638. The van der Waals surface area contributed by atoms with Crippen LogP contribution in [0.3, 0.4) is 0 Å². The zero-order chi connectivity index (χ0) is 14.5. The largest absolute Gasteiger partial charge is 0.381 e. The average molecular weight is 287 g/mol. The summed E-state index contributed by atoms with van der Waals surface area (Å²) in [7, 11) is 0. The van der Waals surface area contributed by atoms with Crippen LogP contribution in [0.15, 0.2) is 24.3 Å². The Labute approximate surface area is 129 Å². The van der Waals surface area contributed by atoms with E-state index in [1.54, 1.807) is 0 Å². The highest BCUT2D eigenvalue weighted by atomic mass is 15.2. The van der Waals surface area contributed by atoms with E-state index in [4.69, 9.17) is 0 Å². The zero-order valence-electron chi connectivity index (χ0n) is 13.4. The molecule has 2 fully saturated rings. The maximum Gasteiger partial charge on any atom is 0.0602 e. The lowest BCUT2D eigenvalue weighted by atomic mass is 10.0. The first-order chi connectivity index (χ1) is 10.4. The van der Waals surface area contributed by atoms with Crippen molar-refractivity contribution in [3.63, 3.8) is 0 Å². The predicted octanol–water partition coefficient (Wildman–Crippen LogP) is 3.57. The first kappa shape index (κ1) is 14.7. The fourth-order valence-corrected chi connectivity index (χ4v) is 3.62. The van der Waals surface area contributed by atoms with Crippen molar-refractivity contribution >= 4 is 11.4 Å². The molecule has 1 N–H and O–H groups in total. The topological polar surface area (TPSA) is 18.5 Å². The van der Waals surface area contributed by atoms with E-state index >= 15 is 0 Å². The third kappa shape index (κ3) is 3.70. The van der Waals surface area contributed by atoms with Crippen LogP contribution < -0.4 is 10.2 Å². The first-order valence-corrected chi connectivity index (χ1v) is 8.69. The first-order valence-electron chi connectivity index (χ1n) is 8.69. The summed E-state index contributed by atoms with van der Waals surface area (Å²) >= 11 is 0. The highest BCUT2D eigenvalue weighted by Crippen LogP contribution is 2.29. The number of piperidine rings is 2. The fourth-order valence-electron chi connectivity index (χ4n) is 3.62. The normalized spacial score (nSPS) is 21.5. The van der Waals surface area contributed by atoms with Gasteiger partial charge >= 0.3 is 0 Å². The van der Waals surface area contributed by atoms with E-state index in [-0.39, 0.29) is 0 Å². The molecule has 3 nitrogen and oxygen atoms in total. The molecule has 0 spiro atoms. The molecule has 2 heterocycles. The molecule has 0 unspecified atom stereocenters. The number of anilines is 2.